The van der Waals surface area contributed by atoms with E-state index >= 15 is 0 Å². The van der Waals surface area contributed by atoms with E-state index < -0.39 is 5.97 Å². The van der Waals surface area contributed by atoms with E-state index in [1.165, 1.54) is 0 Å². The van der Waals surface area contributed by atoms with Gasteiger partial charge in [-0.05, 0) is 12.8 Å². The molecular weight excluding hydrogens is 144 g/mol. The van der Waals surface area contributed by atoms with Crippen LogP contribution in [0.5, 0.6) is 0 Å². The van der Waals surface area contributed by atoms with Gasteiger partial charge in [0.05, 0.1) is 12.5 Å². The van der Waals surface area contributed by atoms with Gasteiger partial charge in [0.15, 0.2) is 0 Å². The second-order valence-corrected chi connectivity index (χ2v) is 2.50. The smallest absolute Gasteiger partial charge is 0.305 e. The minimum absolute atomic E-state index is 0.104. The number of carboxylic acids is 1. The van der Waals surface area contributed by atoms with Crippen molar-refractivity contribution in [2.24, 2.45) is 0 Å². The lowest BCUT2D eigenvalue weighted by Gasteiger charge is -2.12. The molecule has 0 amide bonds. The summed E-state index contributed by atoms with van der Waals surface area (Å²) in [7, 11) is 0. The average Bonchev–Trinajstić information content (AvgIpc) is 1.97. The zero-order valence-corrected chi connectivity index (χ0v) is 7.17. The van der Waals surface area contributed by atoms with Crippen molar-refractivity contribution in [3.8, 4) is 0 Å². The molecule has 0 aliphatic rings. The summed E-state index contributed by atoms with van der Waals surface area (Å²) in [6.45, 7) is 4.60. The van der Waals surface area contributed by atoms with Crippen LogP contribution in [-0.4, -0.2) is 23.8 Å². The first-order valence-corrected chi connectivity index (χ1v) is 4.04. The topological polar surface area (TPSA) is 46.5 Å². The van der Waals surface area contributed by atoms with E-state index in [1.807, 2.05) is 13.8 Å². The number of aliphatic carboxylic acids is 1. The largest absolute Gasteiger partial charge is 0.481 e. The molecule has 66 valence electrons. The fraction of sp³-hybridized carbons (Fsp3) is 0.875. The van der Waals surface area contributed by atoms with Crippen molar-refractivity contribution in [3.63, 3.8) is 0 Å². The summed E-state index contributed by atoms with van der Waals surface area (Å²) in [6.07, 6.45) is 1.73. The predicted octanol–water partition coefficient (Wildman–Crippen LogP) is 1.67. The highest BCUT2D eigenvalue weighted by molar-refractivity contribution is 5.67. The van der Waals surface area contributed by atoms with Gasteiger partial charge in [0.25, 0.3) is 0 Å². The van der Waals surface area contributed by atoms with E-state index in [-0.39, 0.29) is 12.5 Å². The van der Waals surface area contributed by atoms with Crippen LogP contribution in [0.2, 0.25) is 0 Å². The van der Waals surface area contributed by atoms with E-state index in [2.05, 4.69) is 0 Å². The maximum absolute atomic E-state index is 10.3. The van der Waals surface area contributed by atoms with Crippen LogP contribution in [0.1, 0.15) is 33.1 Å². The van der Waals surface area contributed by atoms with Gasteiger partial charge in [0, 0.05) is 6.61 Å². The van der Waals surface area contributed by atoms with E-state index in [1.54, 1.807) is 0 Å². The Morgan fingerprint density at radius 1 is 1.55 bits per heavy atom. The normalized spacial score (nSPS) is 12.9. The molecule has 0 aromatic heterocycles. The molecule has 0 fully saturated rings. The number of hydrogen-bond donors (Lipinski definition) is 1. The van der Waals surface area contributed by atoms with Crippen LogP contribution in [0, 0.1) is 0 Å². The summed E-state index contributed by atoms with van der Waals surface area (Å²) in [5.41, 5.74) is 0. The van der Waals surface area contributed by atoms with Gasteiger partial charge in [-0.25, -0.2) is 0 Å². The highest BCUT2D eigenvalue weighted by Crippen LogP contribution is 2.03. The van der Waals surface area contributed by atoms with E-state index in [0.29, 0.717) is 6.61 Å². The van der Waals surface area contributed by atoms with Gasteiger partial charge in [-0.1, -0.05) is 13.8 Å². The molecule has 0 radical (unpaired) electrons. The Balaban J connectivity index is 3.49. The SMILES string of the molecule is CCCOC(CC)CC(=O)O. The quantitative estimate of drug-likeness (QED) is 0.642. The number of hydrogen-bond acceptors (Lipinski definition) is 2. The maximum Gasteiger partial charge on any atom is 0.305 e. The highest BCUT2D eigenvalue weighted by atomic mass is 16.5. The number of rotatable bonds is 6. The first-order chi connectivity index (χ1) is 5.20. The molecule has 1 unspecified atom stereocenters. The molecule has 0 aromatic rings. The Kier molecular flexibility index (Phi) is 5.84. The van der Waals surface area contributed by atoms with Crippen molar-refractivity contribution in [1.29, 1.82) is 0 Å². The summed E-state index contributed by atoms with van der Waals surface area (Å²) < 4.78 is 5.27. The Morgan fingerprint density at radius 3 is 2.55 bits per heavy atom. The molecular formula is C8H16O3. The zero-order valence-electron chi connectivity index (χ0n) is 7.17. The predicted molar refractivity (Wildman–Crippen MR) is 42.6 cm³/mol. The molecule has 0 spiro atoms. The Labute approximate surface area is 67.4 Å². The molecule has 0 bridgehead atoms. The fourth-order valence-corrected chi connectivity index (χ4v) is 0.800. The molecule has 0 aliphatic heterocycles. The Bertz CT molecular complexity index is 112. The molecule has 1 N–H and O–H groups in total. The van der Waals surface area contributed by atoms with Crippen molar-refractivity contribution in [2.45, 2.75) is 39.2 Å². The lowest BCUT2D eigenvalue weighted by atomic mass is 10.2. The summed E-state index contributed by atoms with van der Waals surface area (Å²) in [4.78, 5) is 10.3. The summed E-state index contributed by atoms with van der Waals surface area (Å²) in [5, 5.41) is 8.43. The first kappa shape index (κ1) is 10.4. The molecule has 0 saturated carbocycles. The van der Waals surface area contributed by atoms with Gasteiger partial charge in [-0.15, -0.1) is 0 Å². The third-order valence-corrected chi connectivity index (χ3v) is 1.42. The van der Waals surface area contributed by atoms with Gasteiger partial charge in [0.2, 0.25) is 0 Å². The fourth-order valence-electron chi connectivity index (χ4n) is 0.800. The zero-order chi connectivity index (χ0) is 8.69. The molecule has 11 heavy (non-hydrogen) atoms. The van der Waals surface area contributed by atoms with Crippen LogP contribution in [-0.2, 0) is 9.53 Å². The molecule has 1 atom stereocenters. The van der Waals surface area contributed by atoms with Gasteiger partial charge in [-0.2, -0.15) is 0 Å². The van der Waals surface area contributed by atoms with Crippen LogP contribution in [0.25, 0.3) is 0 Å². The number of carbonyl (C=O) groups is 1. The Morgan fingerprint density at radius 2 is 2.18 bits per heavy atom. The number of ether oxygens (including phenoxy) is 1. The average molecular weight is 160 g/mol. The summed E-state index contributed by atoms with van der Waals surface area (Å²) in [6, 6.07) is 0. The van der Waals surface area contributed by atoms with Crippen LogP contribution >= 0.6 is 0 Å². The molecule has 0 aliphatic carbocycles. The van der Waals surface area contributed by atoms with Crippen molar-refractivity contribution in [2.75, 3.05) is 6.61 Å². The second-order valence-electron chi connectivity index (χ2n) is 2.50. The highest BCUT2D eigenvalue weighted by Gasteiger charge is 2.09. The van der Waals surface area contributed by atoms with Crippen LogP contribution in [0.3, 0.4) is 0 Å². The monoisotopic (exact) mass is 160 g/mol. The summed E-state index contributed by atoms with van der Waals surface area (Å²) in [5.74, 6) is -0.784. The van der Waals surface area contributed by atoms with Crippen molar-refractivity contribution in [3.05, 3.63) is 0 Å². The summed E-state index contributed by atoms with van der Waals surface area (Å²) >= 11 is 0. The van der Waals surface area contributed by atoms with Crippen LogP contribution in [0.15, 0.2) is 0 Å². The molecule has 3 heteroatoms. The molecule has 0 heterocycles. The van der Waals surface area contributed by atoms with Gasteiger partial charge >= 0.3 is 5.97 Å². The minimum atomic E-state index is -0.784. The third kappa shape index (κ3) is 5.85. The van der Waals surface area contributed by atoms with Gasteiger partial charge < -0.3 is 9.84 Å². The Hall–Kier alpha value is -0.570. The lowest BCUT2D eigenvalue weighted by Crippen LogP contribution is -2.16. The third-order valence-electron chi connectivity index (χ3n) is 1.42. The van der Waals surface area contributed by atoms with E-state index in [4.69, 9.17) is 9.84 Å². The lowest BCUT2D eigenvalue weighted by molar-refractivity contribution is -0.140. The standard InChI is InChI=1S/C8H16O3/c1-3-5-11-7(4-2)6-8(9)10/h7H,3-6H2,1-2H3,(H,9,10). The van der Waals surface area contributed by atoms with Gasteiger partial charge in [0.1, 0.15) is 0 Å². The molecule has 0 aromatic carbocycles. The van der Waals surface area contributed by atoms with E-state index in [9.17, 15) is 4.79 Å². The van der Waals surface area contributed by atoms with E-state index in [0.717, 1.165) is 12.8 Å². The van der Waals surface area contributed by atoms with Crippen LogP contribution < -0.4 is 0 Å². The molecule has 0 saturated heterocycles. The minimum Gasteiger partial charge on any atom is -0.481 e. The maximum atomic E-state index is 10.3. The first-order valence-electron chi connectivity index (χ1n) is 4.04. The molecule has 0 rings (SSSR count). The van der Waals surface area contributed by atoms with Crippen molar-refractivity contribution in [1.82, 2.24) is 0 Å². The molecule has 3 nitrogen and oxygen atoms in total. The van der Waals surface area contributed by atoms with Gasteiger partial charge in [-0.3, -0.25) is 4.79 Å². The number of carboxylic acid groups (broad SMARTS) is 1. The van der Waals surface area contributed by atoms with Crippen molar-refractivity contribution < 1.29 is 14.6 Å². The van der Waals surface area contributed by atoms with Crippen molar-refractivity contribution >= 4 is 5.97 Å². The second kappa shape index (κ2) is 6.16. The van der Waals surface area contributed by atoms with Crippen LogP contribution in [0.4, 0.5) is 0 Å².